The first-order chi connectivity index (χ1) is 18.1. The Morgan fingerprint density at radius 2 is 1.97 bits per heavy atom. The number of allylic oxidation sites excluding steroid dienone is 1. The van der Waals surface area contributed by atoms with Crippen LogP contribution in [0.5, 0.6) is 0 Å². The standard InChI is InChI=1S/C27H22FN9/c1-3-6-15(2)33-17-11-16(12-29-13-17)23-22(28)21-20(14-32-23)36-37-25(21)27-34-24-18(8-10-31-26(24)35-27)19-7-4-5-9-30-19/h4-5,7-14,33H,2-3,6H2,1H3,(H,36,37)(H,31,34,35). The van der Waals surface area contributed by atoms with E-state index in [4.69, 9.17) is 0 Å². The van der Waals surface area contributed by atoms with Gasteiger partial charge in [-0.2, -0.15) is 5.10 Å². The predicted octanol–water partition coefficient (Wildman–Crippen LogP) is 5.89. The van der Waals surface area contributed by atoms with Crippen LogP contribution in [0, 0.1) is 5.82 Å². The maximum absolute atomic E-state index is 16.0. The van der Waals surface area contributed by atoms with E-state index < -0.39 is 5.82 Å². The van der Waals surface area contributed by atoms with Crippen molar-refractivity contribution in [1.82, 2.24) is 40.1 Å². The first kappa shape index (κ1) is 22.5. The van der Waals surface area contributed by atoms with Gasteiger partial charge in [0.05, 0.1) is 40.2 Å². The summed E-state index contributed by atoms with van der Waals surface area (Å²) in [4.78, 5) is 25.3. The van der Waals surface area contributed by atoms with Gasteiger partial charge in [-0.25, -0.2) is 14.4 Å². The molecular weight excluding hydrogens is 469 g/mol. The molecule has 0 amide bonds. The number of aromatic nitrogens is 8. The van der Waals surface area contributed by atoms with Crippen LogP contribution in [0.3, 0.4) is 0 Å². The van der Waals surface area contributed by atoms with E-state index in [2.05, 4.69) is 58.9 Å². The van der Waals surface area contributed by atoms with E-state index in [1.54, 1.807) is 37.1 Å². The fraction of sp³-hybridized carbons (Fsp3) is 0.111. The van der Waals surface area contributed by atoms with Crippen LogP contribution in [0.25, 0.3) is 56.1 Å². The number of nitrogens with one attached hydrogen (secondary N) is 3. The molecule has 10 heteroatoms. The zero-order valence-corrected chi connectivity index (χ0v) is 20.0. The van der Waals surface area contributed by atoms with Gasteiger partial charge >= 0.3 is 0 Å². The lowest BCUT2D eigenvalue weighted by Crippen LogP contribution is -1.99. The lowest BCUT2D eigenvalue weighted by molar-refractivity contribution is 0.638. The number of aromatic amines is 2. The highest BCUT2D eigenvalue weighted by Gasteiger charge is 2.21. The molecule has 0 saturated carbocycles. The number of nitrogens with zero attached hydrogens (tertiary/aromatic N) is 6. The molecule has 0 aliphatic rings. The second kappa shape index (κ2) is 9.23. The summed E-state index contributed by atoms with van der Waals surface area (Å²) in [6, 6.07) is 9.34. The van der Waals surface area contributed by atoms with Crippen molar-refractivity contribution in [1.29, 1.82) is 0 Å². The highest BCUT2D eigenvalue weighted by molar-refractivity contribution is 5.96. The van der Waals surface area contributed by atoms with E-state index in [-0.39, 0.29) is 11.1 Å². The van der Waals surface area contributed by atoms with E-state index in [1.165, 1.54) is 0 Å². The fourth-order valence-corrected chi connectivity index (χ4v) is 4.31. The molecule has 0 unspecified atom stereocenters. The normalized spacial score (nSPS) is 11.3. The van der Waals surface area contributed by atoms with Gasteiger partial charge in [0, 0.05) is 35.4 Å². The summed E-state index contributed by atoms with van der Waals surface area (Å²) < 4.78 is 16.0. The van der Waals surface area contributed by atoms with Crippen molar-refractivity contribution < 1.29 is 4.39 Å². The average molecular weight is 492 g/mol. The van der Waals surface area contributed by atoms with Gasteiger partial charge in [0.15, 0.2) is 17.3 Å². The Balaban J connectivity index is 1.44. The number of fused-ring (bicyclic) bond motifs is 2. The Morgan fingerprint density at radius 3 is 2.81 bits per heavy atom. The van der Waals surface area contributed by atoms with Crippen LogP contribution >= 0.6 is 0 Å². The Hall–Kier alpha value is -4.99. The smallest absolute Gasteiger partial charge is 0.178 e. The Kier molecular flexibility index (Phi) is 5.61. The Morgan fingerprint density at radius 1 is 1.05 bits per heavy atom. The van der Waals surface area contributed by atoms with Gasteiger partial charge in [0.1, 0.15) is 11.4 Å². The Labute approximate surface area is 211 Å². The molecule has 6 aromatic rings. The molecule has 0 spiro atoms. The second-order valence-corrected chi connectivity index (χ2v) is 8.58. The number of hydrogen-bond acceptors (Lipinski definition) is 7. The molecule has 0 fully saturated rings. The van der Waals surface area contributed by atoms with Gasteiger partial charge in [0.25, 0.3) is 0 Å². The zero-order chi connectivity index (χ0) is 25.4. The molecule has 0 bridgehead atoms. The summed E-state index contributed by atoms with van der Waals surface area (Å²) in [7, 11) is 0. The van der Waals surface area contributed by atoms with Crippen molar-refractivity contribution in [2.45, 2.75) is 19.8 Å². The molecule has 37 heavy (non-hydrogen) atoms. The number of halogens is 1. The largest absolute Gasteiger partial charge is 0.358 e. The van der Waals surface area contributed by atoms with Gasteiger partial charge in [-0.15, -0.1) is 0 Å². The van der Waals surface area contributed by atoms with Crippen molar-refractivity contribution in [3.8, 4) is 34.0 Å². The van der Waals surface area contributed by atoms with Crippen LogP contribution in [0.2, 0.25) is 0 Å². The van der Waals surface area contributed by atoms with Gasteiger partial charge in [-0.3, -0.25) is 20.1 Å². The number of H-pyrrole nitrogens is 2. The molecule has 182 valence electrons. The summed E-state index contributed by atoms with van der Waals surface area (Å²) in [6.07, 6.45) is 10.0. The molecule has 0 aliphatic heterocycles. The van der Waals surface area contributed by atoms with Crippen LogP contribution in [-0.2, 0) is 0 Å². The third-order valence-corrected chi connectivity index (χ3v) is 5.99. The summed E-state index contributed by atoms with van der Waals surface area (Å²) in [5.74, 6) is -0.136. The number of pyridine rings is 4. The maximum Gasteiger partial charge on any atom is 0.178 e. The number of imidazole rings is 1. The fourth-order valence-electron chi connectivity index (χ4n) is 4.31. The van der Waals surface area contributed by atoms with Crippen LogP contribution in [0.1, 0.15) is 19.8 Å². The third kappa shape index (κ3) is 4.08. The zero-order valence-electron chi connectivity index (χ0n) is 20.0. The molecule has 6 aromatic heterocycles. The number of hydrogen-bond donors (Lipinski definition) is 3. The van der Waals surface area contributed by atoms with Gasteiger partial charge in [-0.1, -0.05) is 26.0 Å². The van der Waals surface area contributed by atoms with Crippen molar-refractivity contribution in [2.75, 3.05) is 5.32 Å². The topological polar surface area (TPSA) is 121 Å². The van der Waals surface area contributed by atoms with E-state index in [0.717, 1.165) is 35.5 Å². The summed E-state index contributed by atoms with van der Waals surface area (Å²) in [5.41, 5.74) is 5.86. The molecular formula is C27H22FN9. The molecule has 6 heterocycles. The molecule has 0 aromatic carbocycles. The van der Waals surface area contributed by atoms with Crippen LogP contribution in [0.15, 0.2) is 73.6 Å². The lowest BCUT2D eigenvalue weighted by Gasteiger charge is -2.10. The predicted molar refractivity (Wildman–Crippen MR) is 141 cm³/mol. The quantitative estimate of drug-likeness (QED) is 0.255. The molecule has 9 nitrogen and oxygen atoms in total. The van der Waals surface area contributed by atoms with Crippen LogP contribution < -0.4 is 5.32 Å². The maximum atomic E-state index is 16.0. The minimum Gasteiger partial charge on any atom is -0.358 e. The molecule has 0 saturated heterocycles. The average Bonchev–Trinajstić information content (AvgIpc) is 3.54. The van der Waals surface area contributed by atoms with Crippen molar-refractivity contribution in [3.63, 3.8) is 0 Å². The first-order valence-electron chi connectivity index (χ1n) is 11.8. The van der Waals surface area contributed by atoms with Crippen molar-refractivity contribution in [2.24, 2.45) is 0 Å². The third-order valence-electron chi connectivity index (χ3n) is 5.99. The van der Waals surface area contributed by atoms with Gasteiger partial charge < -0.3 is 10.3 Å². The molecule has 0 aliphatic carbocycles. The van der Waals surface area contributed by atoms with Crippen LogP contribution in [0.4, 0.5) is 10.1 Å². The SMILES string of the molecule is C=C(CCC)Nc1cncc(-c2ncc3[nH]nc(-c4nc5nccc(-c6ccccn6)c5[nH]4)c3c2F)c1. The minimum atomic E-state index is -0.522. The van der Waals surface area contributed by atoms with E-state index in [0.29, 0.717) is 33.8 Å². The number of rotatable bonds is 7. The second-order valence-electron chi connectivity index (χ2n) is 8.58. The molecule has 0 atom stereocenters. The monoisotopic (exact) mass is 491 g/mol. The highest BCUT2D eigenvalue weighted by atomic mass is 19.1. The summed E-state index contributed by atoms with van der Waals surface area (Å²) in [6.45, 7) is 6.10. The van der Waals surface area contributed by atoms with Crippen molar-refractivity contribution >= 4 is 27.8 Å². The highest BCUT2D eigenvalue weighted by Crippen LogP contribution is 2.34. The summed E-state index contributed by atoms with van der Waals surface area (Å²) in [5, 5.41) is 10.7. The van der Waals surface area contributed by atoms with Gasteiger partial charge in [-0.05, 0) is 30.7 Å². The first-order valence-corrected chi connectivity index (χ1v) is 11.8. The molecule has 6 rings (SSSR count). The molecule has 3 N–H and O–H groups in total. The summed E-state index contributed by atoms with van der Waals surface area (Å²) >= 11 is 0. The Bertz CT molecular complexity index is 1750. The van der Waals surface area contributed by atoms with E-state index in [1.807, 2.05) is 24.3 Å². The lowest BCUT2D eigenvalue weighted by atomic mass is 10.1. The van der Waals surface area contributed by atoms with Gasteiger partial charge in [0.2, 0.25) is 0 Å². The minimum absolute atomic E-state index is 0.163. The van der Waals surface area contributed by atoms with Crippen LogP contribution in [-0.4, -0.2) is 40.1 Å². The van der Waals surface area contributed by atoms with Crippen molar-refractivity contribution in [3.05, 3.63) is 79.4 Å². The number of anilines is 1. The van der Waals surface area contributed by atoms with E-state index >= 15 is 4.39 Å². The molecule has 0 radical (unpaired) electrons. The van der Waals surface area contributed by atoms with E-state index in [9.17, 15) is 0 Å².